The minimum absolute atomic E-state index is 0.0267. The van der Waals surface area contributed by atoms with Crippen LogP contribution in [0.25, 0.3) is 0 Å². The zero-order valence-corrected chi connectivity index (χ0v) is 17.1. The summed E-state index contributed by atoms with van der Waals surface area (Å²) in [5, 5.41) is 11.6. The van der Waals surface area contributed by atoms with Gasteiger partial charge in [0.2, 0.25) is 17.7 Å². The number of rotatable bonds is 9. The molecular formula is C22H28N4O3. The lowest BCUT2D eigenvalue weighted by Crippen LogP contribution is -2.22. The van der Waals surface area contributed by atoms with Gasteiger partial charge < -0.3 is 21.3 Å². The summed E-state index contributed by atoms with van der Waals surface area (Å²) in [6.45, 7) is 5.71. The van der Waals surface area contributed by atoms with Crippen LogP contribution in [0.2, 0.25) is 0 Å². The number of amides is 3. The van der Waals surface area contributed by atoms with Crippen molar-refractivity contribution in [3.63, 3.8) is 0 Å². The minimum Gasteiger partial charge on any atom is -0.376 e. The van der Waals surface area contributed by atoms with Crippen molar-refractivity contribution in [2.45, 2.75) is 40.0 Å². The Bertz CT molecular complexity index is 863. The van der Waals surface area contributed by atoms with Crippen LogP contribution in [0.4, 0.5) is 22.7 Å². The van der Waals surface area contributed by atoms with E-state index in [1.165, 1.54) is 0 Å². The van der Waals surface area contributed by atoms with E-state index in [0.717, 1.165) is 23.4 Å². The third-order valence-electron chi connectivity index (χ3n) is 4.30. The molecule has 0 unspecified atom stereocenters. The average Bonchev–Trinajstić information content (AvgIpc) is 2.70. The Kier molecular flexibility index (Phi) is 8.21. The quantitative estimate of drug-likeness (QED) is 0.512. The van der Waals surface area contributed by atoms with E-state index in [1.54, 1.807) is 31.2 Å². The maximum absolute atomic E-state index is 12.2. The molecule has 0 spiro atoms. The first kappa shape index (κ1) is 21.9. The summed E-state index contributed by atoms with van der Waals surface area (Å²) in [5.41, 5.74) is 3.72. The lowest BCUT2D eigenvalue weighted by molar-refractivity contribution is -0.116. The predicted molar refractivity (Wildman–Crippen MR) is 117 cm³/mol. The topological polar surface area (TPSA) is 99.3 Å². The third kappa shape index (κ3) is 6.95. The Morgan fingerprint density at radius 1 is 0.759 bits per heavy atom. The summed E-state index contributed by atoms with van der Waals surface area (Å²) in [7, 11) is 0. The monoisotopic (exact) mass is 396 g/mol. The van der Waals surface area contributed by atoms with Gasteiger partial charge in [0, 0.05) is 35.6 Å². The van der Waals surface area contributed by atoms with Gasteiger partial charge in [-0.15, -0.1) is 0 Å². The fraction of sp³-hybridized carbons (Fsp3) is 0.318. The van der Waals surface area contributed by atoms with Crippen molar-refractivity contribution in [3.8, 4) is 0 Å². The van der Waals surface area contributed by atoms with Crippen molar-refractivity contribution >= 4 is 40.5 Å². The SMILES string of the molecule is CCCC(=O)Nc1ccc(NC(=O)CNc2cccc(NC(=O)CC)c2C)cc1. The number of benzene rings is 2. The van der Waals surface area contributed by atoms with Crippen molar-refractivity contribution in [1.29, 1.82) is 0 Å². The Morgan fingerprint density at radius 2 is 1.34 bits per heavy atom. The molecule has 0 bridgehead atoms. The van der Waals surface area contributed by atoms with Crippen LogP contribution < -0.4 is 21.3 Å². The third-order valence-corrected chi connectivity index (χ3v) is 4.30. The highest BCUT2D eigenvalue weighted by Gasteiger charge is 2.08. The second kappa shape index (κ2) is 10.8. The molecule has 0 aliphatic heterocycles. The molecule has 0 aliphatic carbocycles. The summed E-state index contributed by atoms with van der Waals surface area (Å²) in [4.78, 5) is 35.5. The fourth-order valence-electron chi connectivity index (χ4n) is 2.67. The Hall–Kier alpha value is -3.35. The van der Waals surface area contributed by atoms with Crippen LogP contribution in [0.3, 0.4) is 0 Å². The number of hydrogen-bond donors (Lipinski definition) is 4. The highest BCUT2D eigenvalue weighted by Crippen LogP contribution is 2.23. The van der Waals surface area contributed by atoms with E-state index < -0.39 is 0 Å². The second-order valence-electron chi connectivity index (χ2n) is 6.66. The normalized spacial score (nSPS) is 10.2. The molecule has 0 heterocycles. The molecular weight excluding hydrogens is 368 g/mol. The van der Waals surface area contributed by atoms with Crippen LogP contribution in [0.1, 0.15) is 38.7 Å². The summed E-state index contributed by atoms with van der Waals surface area (Å²) in [6, 6.07) is 12.5. The Balaban J connectivity index is 1.89. The molecule has 2 rings (SSSR count). The van der Waals surface area contributed by atoms with Gasteiger partial charge in [0.25, 0.3) is 0 Å². The molecule has 0 saturated carbocycles. The number of nitrogens with one attached hydrogen (secondary N) is 4. The molecule has 0 radical (unpaired) electrons. The van der Waals surface area contributed by atoms with E-state index in [9.17, 15) is 14.4 Å². The molecule has 29 heavy (non-hydrogen) atoms. The van der Waals surface area contributed by atoms with Gasteiger partial charge in [-0.3, -0.25) is 14.4 Å². The Labute approximate surface area is 171 Å². The van der Waals surface area contributed by atoms with Gasteiger partial charge in [0.15, 0.2) is 0 Å². The van der Waals surface area contributed by atoms with E-state index in [4.69, 9.17) is 0 Å². The van der Waals surface area contributed by atoms with E-state index in [1.807, 2.05) is 32.0 Å². The van der Waals surface area contributed by atoms with Crippen LogP contribution in [0.5, 0.6) is 0 Å². The van der Waals surface area contributed by atoms with Crippen molar-refractivity contribution in [1.82, 2.24) is 0 Å². The Morgan fingerprint density at radius 3 is 1.93 bits per heavy atom. The van der Waals surface area contributed by atoms with Crippen molar-refractivity contribution in [2.75, 3.05) is 27.8 Å². The largest absolute Gasteiger partial charge is 0.376 e. The minimum atomic E-state index is -0.199. The molecule has 3 amide bonds. The van der Waals surface area contributed by atoms with E-state index in [-0.39, 0.29) is 24.3 Å². The van der Waals surface area contributed by atoms with Gasteiger partial charge in [-0.1, -0.05) is 19.9 Å². The molecule has 0 aliphatic rings. The highest BCUT2D eigenvalue weighted by atomic mass is 16.2. The zero-order chi connectivity index (χ0) is 21.2. The van der Waals surface area contributed by atoms with Crippen LogP contribution in [0, 0.1) is 6.92 Å². The first-order chi connectivity index (χ1) is 13.9. The molecule has 7 heteroatoms. The van der Waals surface area contributed by atoms with E-state index in [0.29, 0.717) is 24.2 Å². The standard InChI is InChI=1S/C22H28N4O3/c1-4-7-21(28)24-16-10-12-17(13-11-16)25-22(29)14-23-18-8-6-9-19(15(18)3)26-20(27)5-2/h6,8-13,23H,4-5,7,14H2,1-3H3,(H,24,28)(H,25,29)(H,26,27). The lowest BCUT2D eigenvalue weighted by atomic mass is 10.1. The molecule has 2 aromatic carbocycles. The van der Waals surface area contributed by atoms with Crippen molar-refractivity contribution < 1.29 is 14.4 Å². The predicted octanol–water partition coefficient (Wildman–Crippen LogP) is 4.13. The second-order valence-corrected chi connectivity index (χ2v) is 6.66. The van der Waals surface area contributed by atoms with Crippen LogP contribution in [-0.2, 0) is 14.4 Å². The summed E-state index contributed by atoms with van der Waals surface area (Å²) < 4.78 is 0. The number of carbonyl (C=O) groups excluding carboxylic acids is 3. The van der Waals surface area contributed by atoms with Crippen molar-refractivity contribution in [2.24, 2.45) is 0 Å². The van der Waals surface area contributed by atoms with Gasteiger partial charge >= 0.3 is 0 Å². The summed E-state index contributed by atoms with van der Waals surface area (Å²) >= 11 is 0. The van der Waals surface area contributed by atoms with Gasteiger partial charge in [-0.25, -0.2) is 0 Å². The molecule has 7 nitrogen and oxygen atoms in total. The first-order valence-corrected chi connectivity index (χ1v) is 9.76. The van der Waals surface area contributed by atoms with Crippen LogP contribution in [0.15, 0.2) is 42.5 Å². The van der Waals surface area contributed by atoms with Gasteiger partial charge in [0.1, 0.15) is 0 Å². The number of hydrogen-bond acceptors (Lipinski definition) is 4. The highest BCUT2D eigenvalue weighted by molar-refractivity contribution is 5.95. The van der Waals surface area contributed by atoms with E-state index >= 15 is 0 Å². The molecule has 0 saturated heterocycles. The summed E-state index contributed by atoms with van der Waals surface area (Å²) in [5.74, 6) is -0.284. The van der Waals surface area contributed by atoms with Crippen LogP contribution >= 0.6 is 0 Å². The first-order valence-electron chi connectivity index (χ1n) is 9.76. The molecule has 154 valence electrons. The molecule has 0 fully saturated rings. The van der Waals surface area contributed by atoms with Gasteiger partial charge in [0.05, 0.1) is 6.54 Å². The van der Waals surface area contributed by atoms with Crippen LogP contribution in [-0.4, -0.2) is 24.3 Å². The maximum atomic E-state index is 12.2. The fourth-order valence-corrected chi connectivity index (χ4v) is 2.67. The molecule has 0 aromatic heterocycles. The summed E-state index contributed by atoms with van der Waals surface area (Å²) in [6.07, 6.45) is 1.67. The van der Waals surface area contributed by atoms with E-state index in [2.05, 4.69) is 21.3 Å². The van der Waals surface area contributed by atoms with Gasteiger partial charge in [-0.05, 0) is 55.3 Å². The number of anilines is 4. The number of carbonyl (C=O) groups is 3. The smallest absolute Gasteiger partial charge is 0.243 e. The zero-order valence-electron chi connectivity index (χ0n) is 17.1. The molecule has 2 aromatic rings. The van der Waals surface area contributed by atoms with Crippen molar-refractivity contribution in [3.05, 3.63) is 48.0 Å². The molecule has 0 atom stereocenters. The lowest BCUT2D eigenvalue weighted by Gasteiger charge is -2.14. The molecule has 4 N–H and O–H groups in total. The maximum Gasteiger partial charge on any atom is 0.243 e. The average molecular weight is 396 g/mol. The van der Waals surface area contributed by atoms with Gasteiger partial charge in [-0.2, -0.15) is 0 Å².